The highest BCUT2D eigenvalue weighted by Gasteiger charge is 2.32. The van der Waals surface area contributed by atoms with Gasteiger partial charge in [-0.3, -0.25) is 14.2 Å². The van der Waals surface area contributed by atoms with E-state index in [-0.39, 0.29) is 36.1 Å². The molecule has 0 aromatic heterocycles. The van der Waals surface area contributed by atoms with Crippen LogP contribution in [-0.2, 0) is 18.7 Å². The monoisotopic (exact) mass is 363 g/mol. The van der Waals surface area contributed by atoms with Crippen molar-refractivity contribution in [1.29, 1.82) is 0 Å². The highest BCUT2D eigenvalue weighted by atomic mass is 31.2. The van der Waals surface area contributed by atoms with Crippen LogP contribution in [0, 0.1) is 17.8 Å². The van der Waals surface area contributed by atoms with Crippen LogP contribution in [-0.4, -0.2) is 44.5 Å². The Balaban J connectivity index is 5.21. The third-order valence-corrected chi connectivity index (χ3v) is 6.04. The molecule has 1 unspecified atom stereocenters. The summed E-state index contributed by atoms with van der Waals surface area (Å²) < 4.78 is 17.6. The van der Waals surface area contributed by atoms with E-state index in [9.17, 15) is 14.2 Å². The van der Waals surface area contributed by atoms with Crippen LogP contribution in [0.2, 0.25) is 0 Å². The first-order valence-electron chi connectivity index (χ1n) is 8.44. The number of rotatable bonds is 11. The molecule has 7 nitrogen and oxygen atoms in total. The van der Waals surface area contributed by atoms with Gasteiger partial charge < -0.3 is 20.9 Å². The maximum Gasteiger partial charge on any atom is 0.242 e. The van der Waals surface area contributed by atoms with Gasteiger partial charge in [-0.25, -0.2) is 0 Å². The van der Waals surface area contributed by atoms with Gasteiger partial charge in [0.25, 0.3) is 0 Å². The molecular formula is C16H34N3O4P. The fourth-order valence-corrected chi connectivity index (χ4v) is 3.99. The number of nitrogens with two attached hydrogens (primary N) is 1. The normalized spacial score (nSPS) is 16.5. The van der Waals surface area contributed by atoms with Crippen molar-refractivity contribution in [3.8, 4) is 0 Å². The molecule has 8 heteroatoms. The molecule has 0 radical (unpaired) electrons. The fourth-order valence-electron chi connectivity index (χ4n) is 2.56. The van der Waals surface area contributed by atoms with Crippen molar-refractivity contribution in [3.63, 3.8) is 0 Å². The first kappa shape index (κ1) is 23.1. The molecular weight excluding hydrogens is 329 g/mol. The molecule has 0 aromatic rings. The Morgan fingerprint density at radius 2 is 1.62 bits per heavy atom. The molecule has 0 spiro atoms. The van der Waals surface area contributed by atoms with Gasteiger partial charge in [-0.05, 0) is 24.7 Å². The topological polar surface area (TPSA) is 111 Å². The van der Waals surface area contributed by atoms with Gasteiger partial charge in [0.1, 0.15) is 6.04 Å². The van der Waals surface area contributed by atoms with E-state index in [2.05, 4.69) is 10.6 Å². The minimum absolute atomic E-state index is 0.0894. The van der Waals surface area contributed by atoms with E-state index < -0.39 is 19.3 Å². The maximum atomic E-state index is 12.7. The zero-order valence-corrected chi connectivity index (χ0v) is 16.7. The van der Waals surface area contributed by atoms with E-state index in [1.165, 1.54) is 7.11 Å². The third-order valence-electron chi connectivity index (χ3n) is 3.82. The van der Waals surface area contributed by atoms with Gasteiger partial charge in [0.15, 0.2) is 0 Å². The second-order valence-corrected chi connectivity index (χ2v) is 9.72. The Bertz CT molecular complexity index is 447. The largest absolute Gasteiger partial charge is 0.357 e. The Labute approximate surface area is 145 Å². The number of carbonyl (C=O) groups is 2. The van der Waals surface area contributed by atoms with Crippen molar-refractivity contribution in [2.45, 2.75) is 46.6 Å². The lowest BCUT2D eigenvalue weighted by molar-refractivity contribution is -0.131. The van der Waals surface area contributed by atoms with Crippen molar-refractivity contribution in [2.75, 3.05) is 26.6 Å². The van der Waals surface area contributed by atoms with Gasteiger partial charge in [0.05, 0.1) is 6.29 Å². The molecule has 0 aliphatic heterocycles. The van der Waals surface area contributed by atoms with Crippen LogP contribution >= 0.6 is 7.37 Å². The average Bonchev–Trinajstić information content (AvgIpc) is 2.51. The van der Waals surface area contributed by atoms with Crippen LogP contribution in [0.3, 0.4) is 0 Å². The molecule has 2 amide bonds. The number of amides is 2. The Morgan fingerprint density at radius 3 is 2.00 bits per heavy atom. The predicted molar refractivity (Wildman–Crippen MR) is 96.9 cm³/mol. The van der Waals surface area contributed by atoms with E-state index in [1.54, 1.807) is 7.05 Å². The first-order valence-corrected chi connectivity index (χ1v) is 10.4. The fraction of sp³-hybridized carbons (Fsp3) is 0.875. The van der Waals surface area contributed by atoms with Gasteiger partial charge in [-0.1, -0.05) is 27.7 Å². The van der Waals surface area contributed by atoms with E-state index >= 15 is 0 Å². The number of nitrogens with one attached hydrogen (secondary N) is 2. The van der Waals surface area contributed by atoms with Crippen LogP contribution in [0.4, 0.5) is 0 Å². The summed E-state index contributed by atoms with van der Waals surface area (Å²) in [6, 6.07) is -0.600. The lowest BCUT2D eigenvalue weighted by Gasteiger charge is -2.26. The summed E-state index contributed by atoms with van der Waals surface area (Å²) in [4.78, 5) is 24.7. The van der Waals surface area contributed by atoms with Crippen molar-refractivity contribution in [1.82, 2.24) is 10.6 Å². The quantitative estimate of drug-likeness (QED) is 0.485. The van der Waals surface area contributed by atoms with Gasteiger partial charge in [-0.2, -0.15) is 0 Å². The Kier molecular flexibility index (Phi) is 10.4. The van der Waals surface area contributed by atoms with Crippen LogP contribution in [0.15, 0.2) is 0 Å². The summed E-state index contributed by atoms with van der Waals surface area (Å²) in [5.41, 5.74) is 5.55. The second-order valence-electron chi connectivity index (χ2n) is 6.99. The van der Waals surface area contributed by atoms with Crippen molar-refractivity contribution in [3.05, 3.63) is 0 Å². The number of hydrogen-bond donors (Lipinski definition) is 3. The predicted octanol–water partition coefficient (Wildman–Crippen LogP) is 1.77. The molecule has 0 aromatic carbocycles. The van der Waals surface area contributed by atoms with Gasteiger partial charge in [-0.15, -0.1) is 0 Å². The third kappa shape index (κ3) is 8.27. The second kappa shape index (κ2) is 10.9. The SMILES string of the molecule is CNC(=O)[C@H](CC(C)C)NC(=O)[C@H](CC(C)C)CP(=O)(CN)OC. The molecule has 0 saturated heterocycles. The molecule has 0 fully saturated rings. The van der Waals surface area contributed by atoms with E-state index in [4.69, 9.17) is 10.3 Å². The molecule has 4 N–H and O–H groups in total. The average molecular weight is 363 g/mol. The molecule has 0 saturated carbocycles. The summed E-state index contributed by atoms with van der Waals surface area (Å²) in [7, 11) is -0.139. The van der Waals surface area contributed by atoms with Gasteiger partial charge in [0, 0.05) is 26.2 Å². The summed E-state index contributed by atoms with van der Waals surface area (Å²) in [6.07, 6.45) is 1.09. The van der Waals surface area contributed by atoms with Crippen molar-refractivity contribution < 1.29 is 18.7 Å². The minimum Gasteiger partial charge on any atom is -0.357 e. The number of carbonyl (C=O) groups excluding carboxylic acids is 2. The summed E-state index contributed by atoms with van der Waals surface area (Å²) in [6.45, 7) is 7.96. The zero-order valence-electron chi connectivity index (χ0n) is 15.8. The molecule has 0 heterocycles. The number of likely N-dealkylation sites (N-methyl/N-ethyl adjacent to an activating group) is 1. The first-order chi connectivity index (χ1) is 11.1. The van der Waals surface area contributed by atoms with Crippen LogP contribution in [0.25, 0.3) is 0 Å². The standard InChI is InChI=1S/C16H34N3O4P/c1-11(2)7-13(9-24(22,10-17)23-6)15(20)19-14(8-12(3)4)16(21)18-5/h11-14H,7-10,17H2,1-6H3,(H,18,21)(H,19,20)/t13-,14+,24?/m1/s1. The van der Waals surface area contributed by atoms with Crippen molar-refractivity contribution in [2.24, 2.45) is 23.5 Å². The van der Waals surface area contributed by atoms with E-state index in [1.807, 2.05) is 27.7 Å². The minimum atomic E-state index is -3.03. The van der Waals surface area contributed by atoms with Gasteiger partial charge >= 0.3 is 0 Å². The van der Waals surface area contributed by atoms with Gasteiger partial charge in [0.2, 0.25) is 19.2 Å². The molecule has 24 heavy (non-hydrogen) atoms. The lowest BCUT2D eigenvalue weighted by Crippen LogP contribution is -2.49. The lowest BCUT2D eigenvalue weighted by atomic mass is 9.96. The molecule has 0 aliphatic carbocycles. The van der Waals surface area contributed by atoms with Crippen molar-refractivity contribution >= 4 is 19.2 Å². The van der Waals surface area contributed by atoms with Crippen LogP contribution < -0.4 is 16.4 Å². The number of hydrogen-bond acceptors (Lipinski definition) is 5. The summed E-state index contributed by atoms with van der Waals surface area (Å²) in [5.74, 6) is -0.505. The van der Waals surface area contributed by atoms with Crippen LogP contribution in [0.1, 0.15) is 40.5 Å². The van der Waals surface area contributed by atoms with Crippen LogP contribution in [0.5, 0.6) is 0 Å². The molecule has 0 bridgehead atoms. The highest BCUT2D eigenvalue weighted by molar-refractivity contribution is 7.58. The Morgan fingerprint density at radius 1 is 1.08 bits per heavy atom. The zero-order chi connectivity index (χ0) is 18.9. The summed E-state index contributed by atoms with van der Waals surface area (Å²) >= 11 is 0. The van der Waals surface area contributed by atoms with E-state index in [0.29, 0.717) is 12.8 Å². The smallest absolute Gasteiger partial charge is 0.242 e. The molecule has 0 rings (SSSR count). The highest BCUT2D eigenvalue weighted by Crippen LogP contribution is 2.46. The molecule has 3 atom stereocenters. The maximum absolute atomic E-state index is 12.7. The van der Waals surface area contributed by atoms with E-state index in [0.717, 1.165) is 0 Å². The molecule has 142 valence electrons. The summed E-state index contributed by atoms with van der Waals surface area (Å²) in [5, 5.41) is 5.38. The Hall–Kier alpha value is -0.910. The molecule has 0 aliphatic rings.